The summed E-state index contributed by atoms with van der Waals surface area (Å²) in [6.45, 7) is 8.16. The van der Waals surface area contributed by atoms with Gasteiger partial charge in [-0.2, -0.15) is 0 Å². The molecular formula is C32H35BrN2O5. The van der Waals surface area contributed by atoms with Gasteiger partial charge in [0.05, 0.1) is 7.11 Å². The summed E-state index contributed by atoms with van der Waals surface area (Å²) in [6, 6.07) is 12.6. The molecule has 5 rings (SSSR count). The number of Topliss-reactive ketones (excluding diaryl/α,β-unsaturated/α-hetero) is 2. The fourth-order valence-electron chi connectivity index (χ4n) is 6.09. The van der Waals surface area contributed by atoms with Gasteiger partial charge in [-0.05, 0) is 66.1 Å². The molecule has 2 aliphatic carbocycles. The zero-order valence-electron chi connectivity index (χ0n) is 23.6. The Morgan fingerprint density at radius 2 is 1.50 bits per heavy atom. The van der Waals surface area contributed by atoms with E-state index in [0.29, 0.717) is 59.6 Å². The second-order valence-electron chi connectivity index (χ2n) is 12.5. The summed E-state index contributed by atoms with van der Waals surface area (Å²) in [7, 11) is 1.58. The summed E-state index contributed by atoms with van der Waals surface area (Å²) >= 11 is 3.58. The van der Waals surface area contributed by atoms with E-state index in [-0.39, 0.29) is 34.9 Å². The van der Waals surface area contributed by atoms with Crippen LogP contribution >= 0.6 is 15.9 Å². The number of benzene rings is 2. The van der Waals surface area contributed by atoms with E-state index < -0.39 is 5.92 Å². The second-order valence-corrected chi connectivity index (χ2v) is 13.4. The number of nitrogens with one attached hydrogen (secondary N) is 2. The van der Waals surface area contributed by atoms with Gasteiger partial charge in [-0.15, -0.1) is 0 Å². The molecule has 8 heteroatoms. The first-order valence-corrected chi connectivity index (χ1v) is 14.3. The molecule has 210 valence electrons. The van der Waals surface area contributed by atoms with Crippen LogP contribution in [0.1, 0.15) is 64.9 Å². The van der Waals surface area contributed by atoms with Crippen molar-refractivity contribution in [1.82, 2.24) is 5.32 Å². The van der Waals surface area contributed by atoms with E-state index in [1.54, 1.807) is 37.4 Å². The van der Waals surface area contributed by atoms with Crippen molar-refractivity contribution in [1.29, 1.82) is 0 Å². The number of ketones is 2. The number of dihydropyridines is 1. The molecule has 2 aromatic rings. The largest absolute Gasteiger partial charge is 0.497 e. The van der Waals surface area contributed by atoms with Crippen LogP contribution < -0.4 is 20.1 Å². The molecule has 0 aromatic heterocycles. The van der Waals surface area contributed by atoms with Gasteiger partial charge in [-0.1, -0.05) is 43.6 Å². The number of amides is 1. The van der Waals surface area contributed by atoms with Gasteiger partial charge < -0.3 is 20.1 Å². The maximum atomic E-state index is 13.7. The van der Waals surface area contributed by atoms with Crippen LogP contribution in [0.2, 0.25) is 0 Å². The molecule has 3 aliphatic rings. The van der Waals surface area contributed by atoms with E-state index in [9.17, 15) is 14.4 Å². The molecule has 7 nitrogen and oxygen atoms in total. The zero-order chi connectivity index (χ0) is 28.8. The molecule has 1 heterocycles. The van der Waals surface area contributed by atoms with Gasteiger partial charge in [0.1, 0.15) is 11.5 Å². The number of anilines is 1. The molecule has 2 aromatic carbocycles. The first-order valence-electron chi connectivity index (χ1n) is 13.5. The van der Waals surface area contributed by atoms with Crippen molar-refractivity contribution in [3.63, 3.8) is 0 Å². The summed E-state index contributed by atoms with van der Waals surface area (Å²) in [5, 5.41) is 6.37. The average Bonchev–Trinajstić information content (AvgIpc) is 2.85. The molecule has 0 atom stereocenters. The first kappa shape index (κ1) is 28.1. The van der Waals surface area contributed by atoms with E-state index in [1.807, 2.05) is 12.1 Å². The normalized spacial score (nSPS) is 19.9. The summed E-state index contributed by atoms with van der Waals surface area (Å²) in [5.41, 5.74) is 4.01. The maximum Gasteiger partial charge on any atom is 0.262 e. The van der Waals surface area contributed by atoms with Crippen LogP contribution in [0.25, 0.3) is 0 Å². The summed E-state index contributed by atoms with van der Waals surface area (Å²) in [6.07, 6.45) is 2.23. The highest BCUT2D eigenvalue weighted by atomic mass is 79.9. The van der Waals surface area contributed by atoms with Crippen molar-refractivity contribution in [2.75, 3.05) is 19.0 Å². The molecule has 0 saturated carbocycles. The Kier molecular flexibility index (Phi) is 7.42. The summed E-state index contributed by atoms with van der Waals surface area (Å²) in [5.74, 6) is 0.353. The number of hydrogen-bond acceptors (Lipinski definition) is 6. The SMILES string of the molecule is COc1ccc(NC(=O)COc2ccc(Br)cc2C2C3=C(CC(C)(C)CC3=O)NC3=C2C(=O)CC(C)(C)C3)cc1. The number of carbonyl (C=O) groups is 3. The molecule has 0 unspecified atom stereocenters. The monoisotopic (exact) mass is 606 g/mol. The fourth-order valence-corrected chi connectivity index (χ4v) is 6.47. The van der Waals surface area contributed by atoms with Gasteiger partial charge in [0.15, 0.2) is 18.2 Å². The fraction of sp³-hybridized carbons (Fsp3) is 0.406. The molecule has 40 heavy (non-hydrogen) atoms. The van der Waals surface area contributed by atoms with Gasteiger partial charge in [0, 0.05) is 57.0 Å². The van der Waals surface area contributed by atoms with Crippen LogP contribution in [0.4, 0.5) is 5.69 Å². The van der Waals surface area contributed by atoms with Gasteiger partial charge >= 0.3 is 0 Å². The molecular weight excluding hydrogens is 572 g/mol. The van der Waals surface area contributed by atoms with Crippen molar-refractivity contribution in [2.24, 2.45) is 10.8 Å². The van der Waals surface area contributed by atoms with E-state index in [1.165, 1.54) is 0 Å². The average molecular weight is 608 g/mol. The number of ether oxygens (including phenoxy) is 2. The standard InChI is InChI=1S/C32H35BrN2O5/c1-31(2)13-22-29(24(36)15-31)28(30-23(35-22)14-32(3,4)16-25(30)37)21-12-18(33)6-11-26(21)40-17-27(38)34-19-7-9-20(39-5)10-8-19/h6-12,28,35H,13-17H2,1-5H3,(H,34,38). The predicted molar refractivity (Wildman–Crippen MR) is 157 cm³/mol. The van der Waals surface area contributed by atoms with Crippen molar-refractivity contribution in [2.45, 2.75) is 59.3 Å². The van der Waals surface area contributed by atoms with Crippen LogP contribution in [0, 0.1) is 10.8 Å². The first-order chi connectivity index (χ1) is 18.9. The van der Waals surface area contributed by atoms with E-state index in [0.717, 1.165) is 15.9 Å². The Morgan fingerprint density at radius 3 is 2.05 bits per heavy atom. The van der Waals surface area contributed by atoms with Crippen LogP contribution in [-0.2, 0) is 14.4 Å². The Bertz CT molecular complexity index is 1400. The quantitative estimate of drug-likeness (QED) is 0.392. The van der Waals surface area contributed by atoms with Gasteiger partial charge in [0.25, 0.3) is 5.91 Å². The lowest BCUT2D eigenvalue weighted by molar-refractivity contribution is -0.120. The molecule has 0 spiro atoms. The highest BCUT2D eigenvalue weighted by Gasteiger charge is 2.47. The van der Waals surface area contributed by atoms with Crippen LogP contribution in [0.3, 0.4) is 0 Å². The minimum absolute atomic E-state index is 0.0381. The molecule has 0 radical (unpaired) electrons. The highest BCUT2D eigenvalue weighted by Crippen LogP contribution is 2.52. The number of rotatable bonds is 6. The summed E-state index contributed by atoms with van der Waals surface area (Å²) in [4.78, 5) is 40.2. The third-order valence-corrected chi connectivity index (χ3v) is 8.23. The minimum Gasteiger partial charge on any atom is -0.497 e. The lowest BCUT2D eigenvalue weighted by atomic mass is 9.64. The topological polar surface area (TPSA) is 93.7 Å². The number of methoxy groups -OCH3 is 1. The lowest BCUT2D eigenvalue weighted by Crippen LogP contribution is -2.42. The Hall–Kier alpha value is -3.39. The Morgan fingerprint density at radius 1 is 0.925 bits per heavy atom. The third kappa shape index (κ3) is 5.73. The molecule has 2 N–H and O–H groups in total. The Labute approximate surface area is 243 Å². The predicted octanol–water partition coefficient (Wildman–Crippen LogP) is 6.45. The van der Waals surface area contributed by atoms with Crippen LogP contribution in [-0.4, -0.2) is 31.2 Å². The molecule has 0 bridgehead atoms. The highest BCUT2D eigenvalue weighted by molar-refractivity contribution is 9.10. The summed E-state index contributed by atoms with van der Waals surface area (Å²) < 4.78 is 12.1. The minimum atomic E-state index is -0.560. The van der Waals surface area contributed by atoms with Crippen LogP contribution in [0.15, 0.2) is 69.5 Å². The smallest absolute Gasteiger partial charge is 0.262 e. The van der Waals surface area contributed by atoms with Crippen molar-refractivity contribution >= 4 is 39.1 Å². The van der Waals surface area contributed by atoms with Crippen molar-refractivity contribution in [3.05, 3.63) is 75.0 Å². The number of allylic oxidation sites excluding steroid dienone is 4. The second kappa shape index (κ2) is 10.5. The van der Waals surface area contributed by atoms with Crippen molar-refractivity contribution < 1.29 is 23.9 Å². The number of hydrogen-bond donors (Lipinski definition) is 2. The molecule has 0 saturated heterocycles. The van der Waals surface area contributed by atoms with Crippen molar-refractivity contribution in [3.8, 4) is 11.5 Å². The third-order valence-electron chi connectivity index (χ3n) is 7.73. The van der Waals surface area contributed by atoms with E-state index in [4.69, 9.17) is 9.47 Å². The molecule has 0 fully saturated rings. The van der Waals surface area contributed by atoms with E-state index >= 15 is 0 Å². The maximum absolute atomic E-state index is 13.7. The molecule has 1 aliphatic heterocycles. The molecule has 1 amide bonds. The van der Waals surface area contributed by atoms with Gasteiger partial charge in [-0.3, -0.25) is 14.4 Å². The van der Waals surface area contributed by atoms with Gasteiger partial charge in [-0.25, -0.2) is 0 Å². The lowest BCUT2D eigenvalue weighted by Gasteiger charge is -2.44. The van der Waals surface area contributed by atoms with Crippen LogP contribution in [0.5, 0.6) is 11.5 Å². The van der Waals surface area contributed by atoms with E-state index in [2.05, 4.69) is 54.3 Å². The zero-order valence-corrected chi connectivity index (χ0v) is 25.2. The Balaban J connectivity index is 1.51. The number of halogens is 1. The van der Waals surface area contributed by atoms with Gasteiger partial charge in [0.2, 0.25) is 0 Å². The number of carbonyl (C=O) groups excluding carboxylic acids is 3.